The van der Waals surface area contributed by atoms with E-state index >= 15 is 0 Å². The highest BCUT2D eigenvalue weighted by molar-refractivity contribution is 5.92. The number of hydrogen-bond donors (Lipinski definition) is 1. The van der Waals surface area contributed by atoms with E-state index < -0.39 is 17.2 Å². The summed E-state index contributed by atoms with van der Waals surface area (Å²) in [6, 6.07) is 6.53. The van der Waals surface area contributed by atoms with Crippen molar-refractivity contribution in [2.75, 3.05) is 0 Å². The Hall–Kier alpha value is -3.23. The molecule has 0 aromatic carbocycles. The lowest BCUT2D eigenvalue weighted by Gasteiger charge is -2.10. The van der Waals surface area contributed by atoms with E-state index in [2.05, 4.69) is 15.4 Å². The number of carbonyl (C=O) groups excluding carboxylic acids is 1. The molecule has 3 heterocycles. The van der Waals surface area contributed by atoms with Gasteiger partial charge in [0.25, 0.3) is 11.5 Å². The van der Waals surface area contributed by atoms with E-state index in [1.54, 1.807) is 22.7 Å². The van der Waals surface area contributed by atoms with Crippen molar-refractivity contribution in [1.29, 1.82) is 0 Å². The summed E-state index contributed by atoms with van der Waals surface area (Å²) in [6.07, 6.45) is 1.42. The largest absolute Gasteiger partial charge is 0.345 e. The number of fused-ring (bicyclic) bond motifs is 1. The van der Waals surface area contributed by atoms with Crippen LogP contribution in [0.25, 0.3) is 5.65 Å². The molecule has 3 aromatic heterocycles. The average Bonchev–Trinajstić information content (AvgIpc) is 3.03. The normalized spacial score (nSPS) is 10.9. The summed E-state index contributed by atoms with van der Waals surface area (Å²) in [5.41, 5.74) is 0.307. The van der Waals surface area contributed by atoms with E-state index in [1.165, 1.54) is 20.4 Å². The van der Waals surface area contributed by atoms with E-state index in [0.717, 1.165) is 20.9 Å². The third-order valence-electron chi connectivity index (χ3n) is 3.57. The zero-order valence-corrected chi connectivity index (χ0v) is 12.6. The van der Waals surface area contributed by atoms with Gasteiger partial charge in [-0.2, -0.15) is 5.10 Å². The molecule has 9 nitrogen and oxygen atoms in total. The Kier molecular flexibility index (Phi) is 3.53. The Labute approximate surface area is 129 Å². The van der Waals surface area contributed by atoms with Crippen LogP contribution in [0.3, 0.4) is 0 Å². The summed E-state index contributed by atoms with van der Waals surface area (Å²) in [5.74, 6) is -0.514. The lowest BCUT2D eigenvalue weighted by molar-refractivity contribution is 0.0940. The first-order valence-corrected chi connectivity index (χ1v) is 6.82. The molecule has 3 rings (SSSR count). The minimum Gasteiger partial charge on any atom is -0.345 e. The quantitative estimate of drug-likeness (QED) is 0.672. The van der Waals surface area contributed by atoms with Gasteiger partial charge in [-0.3, -0.25) is 18.7 Å². The van der Waals surface area contributed by atoms with Crippen LogP contribution < -0.4 is 16.6 Å². The SMILES string of the molecule is Cn1c(C(=O)NCc2cccc3ncnn23)cc(=O)n(C)c1=O. The van der Waals surface area contributed by atoms with Crippen LogP contribution in [-0.2, 0) is 20.6 Å². The summed E-state index contributed by atoms with van der Waals surface area (Å²) in [6.45, 7) is 0.183. The predicted molar refractivity (Wildman–Crippen MR) is 81.1 cm³/mol. The van der Waals surface area contributed by atoms with Crippen LogP contribution >= 0.6 is 0 Å². The molecule has 0 fully saturated rings. The number of aromatic nitrogens is 5. The summed E-state index contributed by atoms with van der Waals surface area (Å²) >= 11 is 0. The van der Waals surface area contributed by atoms with Crippen molar-refractivity contribution in [2.45, 2.75) is 6.54 Å². The lowest BCUT2D eigenvalue weighted by atomic mass is 10.3. The van der Waals surface area contributed by atoms with Crippen LogP contribution in [0.4, 0.5) is 0 Å². The number of pyridine rings is 1. The van der Waals surface area contributed by atoms with Crippen LogP contribution in [0.2, 0.25) is 0 Å². The number of rotatable bonds is 3. The van der Waals surface area contributed by atoms with Gasteiger partial charge in [0.15, 0.2) is 5.65 Å². The fraction of sp³-hybridized carbons (Fsp3) is 0.214. The zero-order chi connectivity index (χ0) is 16.6. The molecule has 0 radical (unpaired) electrons. The molecular weight excluding hydrogens is 300 g/mol. The first-order valence-electron chi connectivity index (χ1n) is 6.82. The van der Waals surface area contributed by atoms with E-state index in [1.807, 2.05) is 0 Å². The Morgan fingerprint density at radius 1 is 1.22 bits per heavy atom. The predicted octanol–water partition coefficient (Wildman–Crippen LogP) is -0.943. The van der Waals surface area contributed by atoms with Gasteiger partial charge in [-0.15, -0.1) is 0 Å². The molecule has 0 aliphatic rings. The van der Waals surface area contributed by atoms with Gasteiger partial charge >= 0.3 is 5.69 Å². The standard InChI is InChI=1S/C14H14N6O3/c1-18-10(6-12(21)19(2)14(18)23)13(22)15-7-9-4-3-5-11-16-8-17-20(9)11/h3-6,8H,7H2,1-2H3,(H,15,22). The number of hydrogen-bond acceptors (Lipinski definition) is 5. The van der Waals surface area contributed by atoms with Crippen LogP contribution in [-0.4, -0.2) is 29.6 Å². The molecule has 0 saturated carbocycles. The molecule has 0 bridgehead atoms. The van der Waals surface area contributed by atoms with Gasteiger partial charge in [0.1, 0.15) is 12.0 Å². The van der Waals surface area contributed by atoms with Gasteiger partial charge in [0, 0.05) is 20.2 Å². The van der Waals surface area contributed by atoms with E-state index in [-0.39, 0.29) is 12.2 Å². The van der Waals surface area contributed by atoms with Crippen molar-refractivity contribution in [2.24, 2.45) is 14.1 Å². The van der Waals surface area contributed by atoms with Gasteiger partial charge in [0.2, 0.25) is 0 Å². The Bertz CT molecular complexity index is 1010. The molecule has 23 heavy (non-hydrogen) atoms. The first-order chi connectivity index (χ1) is 11.0. The second kappa shape index (κ2) is 5.52. The van der Waals surface area contributed by atoms with Crippen molar-refractivity contribution in [3.63, 3.8) is 0 Å². The van der Waals surface area contributed by atoms with Crippen LogP contribution in [0, 0.1) is 0 Å². The van der Waals surface area contributed by atoms with Crippen molar-refractivity contribution in [1.82, 2.24) is 29.0 Å². The third-order valence-corrected chi connectivity index (χ3v) is 3.57. The summed E-state index contributed by atoms with van der Waals surface area (Å²) < 4.78 is 3.67. The molecule has 0 atom stereocenters. The molecule has 0 unspecified atom stereocenters. The van der Waals surface area contributed by atoms with Crippen molar-refractivity contribution in [3.05, 3.63) is 62.8 Å². The molecule has 3 aromatic rings. The molecule has 0 aliphatic heterocycles. The number of carbonyl (C=O) groups is 1. The zero-order valence-electron chi connectivity index (χ0n) is 12.6. The van der Waals surface area contributed by atoms with Crippen molar-refractivity contribution in [3.8, 4) is 0 Å². The second-order valence-electron chi connectivity index (χ2n) is 5.00. The molecule has 9 heteroatoms. The highest BCUT2D eigenvalue weighted by Crippen LogP contribution is 2.03. The van der Waals surface area contributed by atoms with Crippen molar-refractivity contribution < 1.29 is 4.79 Å². The second-order valence-corrected chi connectivity index (χ2v) is 5.00. The summed E-state index contributed by atoms with van der Waals surface area (Å²) in [5, 5.41) is 6.75. The van der Waals surface area contributed by atoms with Gasteiger partial charge < -0.3 is 5.32 Å². The van der Waals surface area contributed by atoms with E-state index in [4.69, 9.17) is 0 Å². The number of nitrogens with zero attached hydrogens (tertiary/aromatic N) is 5. The summed E-state index contributed by atoms with van der Waals surface area (Å²) in [7, 11) is 2.80. The van der Waals surface area contributed by atoms with Gasteiger partial charge in [-0.25, -0.2) is 14.3 Å². The Balaban J connectivity index is 1.87. The smallest absolute Gasteiger partial charge is 0.331 e. The monoisotopic (exact) mass is 314 g/mol. The van der Waals surface area contributed by atoms with Crippen molar-refractivity contribution >= 4 is 11.6 Å². The summed E-state index contributed by atoms with van der Waals surface area (Å²) in [4.78, 5) is 39.9. The number of nitrogens with one attached hydrogen (secondary N) is 1. The molecule has 0 saturated heterocycles. The topological polar surface area (TPSA) is 103 Å². The molecular formula is C14H14N6O3. The average molecular weight is 314 g/mol. The molecule has 1 N–H and O–H groups in total. The lowest BCUT2D eigenvalue weighted by Crippen LogP contribution is -2.41. The fourth-order valence-corrected chi connectivity index (χ4v) is 2.25. The van der Waals surface area contributed by atoms with Gasteiger partial charge in [0.05, 0.1) is 12.2 Å². The van der Waals surface area contributed by atoms with E-state index in [9.17, 15) is 14.4 Å². The van der Waals surface area contributed by atoms with E-state index in [0.29, 0.717) is 5.65 Å². The van der Waals surface area contributed by atoms with Crippen LogP contribution in [0.15, 0.2) is 40.2 Å². The molecule has 1 amide bonds. The fourth-order valence-electron chi connectivity index (χ4n) is 2.25. The molecule has 0 aliphatic carbocycles. The maximum Gasteiger partial charge on any atom is 0.331 e. The molecule has 118 valence electrons. The molecule has 0 spiro atoms. The maximum atomic E-state index is 12.3. The third kappa shape index (κ3) is 2.52. The Morgan fingerprint density at radius 2 is 2.00 bits per heavy atom. The van der Waals surface area contributed by atoms with Gasteiger partial charge in [-0.05, 0) is 12.1 Å². The van der Waals surface area contributed by atoms with Gasteiger partial charge in [-0.1, -0.05) is 6.07 Å². The Morgan fingerprint density at radius 3 is 2.78 bits per heavy atom. The first kappa shape index (κ1) is 14.7. The maximum absolute atomic E-state index is 12.3. The van der Waals surface area contributed by atoms with Crippen LogP contribution in [0.1, 0.15) is 16.2 Å². The number of amides is 1. The highest BCUT2D eigenvalue weighted by Gasteiger charge is 2.14. The highest BCUT2D eigenvalue weighted by atomic mass is 16.2. The minimum atomic E-state index is -0.555. The minimum absolute atomic E-state index is 0.00358. The van der Waals surface area contributed by atoms with Crippen LogP contribution in [0.5, 0.6) is 0 Å².